The number of nitrogens with zero attached hydrogens (tertiary/aromatic N) is 3. The molecule has 0 aliphatic carbocycles. The largest absolute Gasteiger partial charge is 0.449 e. The lowest BCUT2D eigenvalue weighted by atomic mass is 10.0. The van der Waals surface area contributed by atoms with Gasteiger partial charge in [-0.3, -0.25) is 9.59 Å². The molecule has 0 radical (unpaired) electrons. The highest BCUT2D eigenvalue weighted by Crippen LogP contribution is 2.30. The average Bonchev–Trinajstić information content (AvgIpc) is 2.90. The summed E-state index contributed by atoms with van der Waals surface area (Å²) in [5, 5.41) is 3.46. The monoisotopic (exact) mass is 560 g/mol. The Hall–Kier alpha value is -3.37. The highest BCUT2D eigenvalue weighted by molar-refractivity contribution is 7.59. The molecule has 1 aromatic heterocycles. The molecule has 1 unspecified atom stereocenters. The Balaban J connectivity index is 0.00000400. The number of hydrogen-bond donors (Lipinski definition) is 1. The predicted octanol–water partition coefficient (Wildman–Crippen LogP) is 4.86. The summed E-state index contributed by atoms with van der Waals surface area (Å²) in [5.41, 5.74) is 1.71. The first-order valence-corrected chi connectivity index (χ1v) is 12.5. The maximum Gasteiger partial charge on any atom is 0.409 e. The van der Waals surface area contributed by atoms with E-state index in [1.807, 2.05) is 13.8 Å². The van der Waals surface area contributed by atoms with Gasteiger partial charge in [-0.15, -0.1) is 0 Å². The van der Waals surface area contributed by atoms with Crippen LogP contribution in [0.4, 0.5) is 9.18 Å². The topological polar surface area (TPSA) is 91.8 Å². The van der Waals surface area contributed by atoms with Gasteiger partial charge in [0.15, 0.2) is 0 Å². The molecule has 3 amide bonds. The Morgan fingerprint density at radius 2 is 1.92 bits per heavy atom. The molecular formula is C27H30ClFN4O4S. The maximum atomic E-state index is 14.5. The fraction of sp³-hybridized carbons (Fsp3) is 0.333. The Bertz CT molecular complexity index is 1370. The quantitative estimate of drug-likeness (QED) is 0.481. The molecule has 3 aromatic rings. The summed E-state index contributed by atoms with van der Waals surface area (Å²) < 4.78 is 19.8. The third-order valence-electron chi connectivity index (χ3n) is 6.32. The van der Waals surface area contributed by atoms with Crippen molar-refractivity contribution in [3.63, 3.8) is 0 Å². The number of carbonyl (C=O) groups is 3. The van der Waals surface area contributed by atoms with Crippen molar-refractivity contribution < 1.29 is 23.5 Å². The minimum Gasteiger partial charge on any atom is -0.449 e. The summed E-state index contributed by atoms with van der Waals surface area (Å²) in [6.07, 6.45) is 0.384. The van der Waals surface area contributed by atoms with Crippen molar-refractivity contribution in [2.24, 2.45) is 0 Å². The van der Waals surface area contributed by atoms with E-state index in [2.05, 4.69) is 10.3 Å². The van der Waals surface area contributed by atoms with Crippen LogP contribution in [0.1, 0.15) is 41.0 Å². The van der Waals surface area contributed by atoms with E-state index in [0.29, 0.717) is 59.0 Å². The van der Waals surface area contributed by atoms with E-state index < -0.39 is 11.7 Å². The number of halogens is 2. The number of fused-ring (bicyclic) bond motifs is 1. The SMILES string of the molecule is CCCOC(=O)N1CCN(C(=O)c2ccc3c(Cl)cc(-c4ccc(C(=O)NC)c(F)c4)nc3c2)C(C)C1.S. The van der Waals surface area contributed by atoms with Crippen molar-refractivity contribution in [2.45, 2.75) is 26.3 Å². The van der Waals surface area contributed by atoms with Gasteiger partial charge in [0.1, 0.15) is 5.82 Å². The van der Waals surface area contributed by atoms with Crippen molar-refractivity contribution in [1.29, 1.82) is 0 Å². The van der Waals surface area contributed by atoms with Crippen molar-refractivity contribution in [3.8, 4) is 11.3 Å². The number of amides is 3. The predicted molar refractivity (Wildman–Crippen MR) is 150 cm³/mol. The molecule has 38 heavy (non-hydrogen) atoms. The number of piperazine rings is 1. The zero-order valence-corrected chi connectivity index (χ0v) is 23.1. The minimum atomic E-state index is -0.675. The summed E-state index contributed by atoms with van der Waals surface area (Å²) in [5.74, 6) is -1.38. The Kier molecular flexibility index (Phi) is 9.56. The molecule has 8 nitrogen and oxygen atoms in total. The average molecular weight is 561 g/mol. The Morgan fingerprint density at radius 3 is 2.58 bits per heavy atom. The van der Waals surface area contributed by atoms with Gasteiger partial charge in [-0.05, 0) is 43.7 Å². The fourth-order valence-electron chi connectivity index (χ4n) is 4.33. The molecule has 4 rings (SSSR count). The van der Waals surface area contributed by atoms with E-state index in [1.165, 1.54) is 19.2 Å². The van der Waals surface area contributed by atoms with Gasteiger partial charge in [-0.25, -0.2) is 14.2 Å². The van der Waals surface area contributed by atoms with Crippen LogP contribution >= 0.6 is 25.1 Å². The number of carbonyl (C=O) groups excluding carboxylic acids is 3. The molecule has 1 aliphatic heterocycles. The van der Waals surface area contributed by atoms with E-state index in [9.17, 15) is 18.8 Å². The second-order valence-electron chi connectivity index (χ2n) is 8.90. The molecule has 2 heterocycles. The summed E-state index contributed by atoms with van der Waals surface area (Å²) in [6.45, 7) is 5.34. The number of pyridine rings is 1. The lowest BCUT2D eigenvalue weighted by Gasteiger charge is -2.39. The normalized spacial score (nSPS) is 15.1. The van der Waals surface area contributed by atoms with Crippen molar-refractivity contribution in [2.75, 3.05) is 33.3 Å². The summed E-state index contributed by atoms with van der Waals surface area (Å²) >= 11 is 6.50. The molecule has 1 aliphatic rings. The first-order valence-electron chi connectivity index (χ1n) is 12.1. The van der Waals surface area contributed by atoms with Crippen LogP contribution in [0, 0.1) is 5.82 Å². The minimum absolute atomic E-state index is 0. The number of rotatable bonds is 5. The first kappa shape index (κ1) is 29.2. The molecule has 1 saturated heterocycles. The van der Waals surface area contributed by atoms with Crippen molar-refractivity contribution in [1.82, 2.24) is 20.1 Å². The number of aromatic nitrogens is 1. The van der Waals surface area contributed by atoms with E-state index >= 15 is 0 Å². The van der Waals surface area contributed by atoms with E-state index in [-0.39, 0.29) is 37.1 Å². The van der Waals surface area contributed by atoms with Crippen LogP contribution < -0.4 is 5.32 Å². The van der Waals surface area contributed by atoms with E-state index in [4.69, 9.17) is 16.3 Å². The van der Waals surface area contributed by atoms with Crippen LogP contribution in [-0.2, 0) is 4.74 Å². The lowest BCUT2D eigenvalue weighted by molar-refractivity contribution is 0.0414. The Morgan fingerprint density at radius 1 is 1.16 bits per heavy atom. The second kappa shape index (κ2) is 12.4. The van der Waals surface area contributed by atoms with Crippen LogP contribution in [0.2, 0.25) is 5.02 Å². The zero-order chi connectivity index (χ0) is 26.7. The van der Waals surface area contributed by atoms with Gasteiger partial charge in [0.05, 0.1) is 28.4 Å². The van der Waals surface area contributed by atoms with Crippen molar-refractivity contribution >= 4 is 53.9 Å². The van der Waals surface area contributed by atoms with E-state index in [0.717, 1.165) is 6.42 Å². The number of hydrogen-bond acceptors (Lipinski definition) is 5. The molecule has 1 N–H and O–H groups in total. The maximum absolute atomic E-state index is 14.5. The van der Waals surface area contributed by atoms with Crippen molar-refractivity contribution in [3.05, 3.63) is 64.4 Å². The van der Waals surface area contributed by atoms with Crippen LogP contribution in [-0.4, -0.2) is 72.0 Å². The lowest BCUT2D eigenvalue weighted by Crippen LogP contribution is -2.55. The van der Waals surface area contributed by atoms with Crippen LogP contribution in [0.25, 0.3) is 22.2 Å². The fourth-order valence-corrected chi connectivity index (χ4v) is 4.59. The highest BCUT2D eigenvalue weighted by atomic mass is 35.5. The van der Waals surface area contributed by atoms with Gasteiger partial charge >= 0.3 is 6.09 Å². The molecule has 0 saturated carbocycles. The molecule has 11 heteroatoms. The van der Waals surface area contributed by atoms with Gasteiger partial charge in [0.25, 0.3) is 11.8 Å². The third-order valence-corrected chi connectivity index (χ3v) is 6.63. The van der Waals surface area contributed by atoms with Gasteiger partial charge in [-0.2, -0.15) is 13.5 Å². The standard InChI is InChI=1S/C27H28ClFN4O4.H2S/c1-4-11-37-27(36)32-9-10-33(16(2)15-32)26(35)18-6-7-19-21(28)14-23(31-24(19)13-18)17-5-8-20(22(29)12-17)25(34)30-3;/h5-8,12-14,16H,4,9-11,15H2,1-3H3,(H,30,34);1H2. The summed E-state index contributed by atoms with van der Waals surface area (Å²) in [7, 11) is 1.43. The first-order chi connectivity index (χ1) is 17.7. The molecule has 202 valence electrons. The molecule has 1 atom stereocenters. The van der Waals surface area contributed by atoms with E-state index in [1.54, 1.807) is 40.1 Å². The number of nitrogens with one attached hydrogen (secondary N) is 1. The highest BCUT2D eigenvalue weighted by Gasteiger charge is 2.31. The van der Waals surface area contributed by atoms with Gasteiger partial charge in [-0.1, -0.05) is 30.7 Å². The molecule has 0 spiro atoms. The number of benzene rings is 2. The number of ether oxygens (including phenoxy) is 1. The third kappa shape index (κ3) is 6.02. The van der Waals surface area contributed by atoms with Gasteiger partial charge in [0, 0.05) is 49.2 Å². The van der Waals surface area contributed by atoms with Crippen LogP contribution in [0.3, 0.4) is 0 Å². The van der Waals surface area contributed by atoms with Gasteiger partial charge < -0.3 is 19.9 Å². The van der Waals surface area contributed by atoms with Crippen LogP contribution in [0.5, 0.6) is 0 Å². The summed E-state index contributed by atoms with van der Waals surface area (Å²) in [6, 6.07) is 10.7. The summed E-state index contributed by atoms with van der Waals surface area (Å²) in [4.78, 5) is 45.3. The van der Waals surface area contributed by atoms with Gasteiger partial charge in [0.2, 0.25) is 0 Å². The zero-order valence-electron chi connectivity index (χ0n) is 21.4. The molecule has 0 bridgehead atoms. The Labute approximate surface area is 232 Å². The van der Waals surface area contributed by atoms with Crippen LogP contribution in [0.15, 0.2) is 42.5 Å². The smallest absolute Gasteiger partial charge is 0.409 e. The molecular weight excluding hydrogens is 531 g/mol. The molecule has 2 aromatic carbocycles. The molecule has 1 fully saturated rings. The second-order valence-corrected chi connectivity index (χ2v) is 9.31.